The molecule has 2 aromatic rings. The number of rotatable bonds is 9. The fraction of sp³-hybridized carbons (Fsp3) is 0.615. The molecule has 1 saturated heterocycles. The lowest BCUT2D eigenvalue weighted by Gasteiger charge is -2.70. The van der Waals surface area contributed by atoms with Crippen LogP contribution in [-0.4, -0.2) is 108 Å². The molecule has 50 heavy (non-hydrogen) atoms. The number of likely N-dealkylation sites (tertiary alicyclic amines) is 1. The number of carbonyl (C=O) groups is 2. The number of esters is 1. The Balaban J connectivity index is 1.17. The van der Waals surface area contributed by atoms with Crippen molar-refractivity contribution >= 4 is 23.6 Å². The molecule has 3 N–H and O–H groups in total. The molecule has 1 amide bonds. The SMILES string of the molecule is CCN1C[C@]2(OC(=O)c3ccccc3NC(=O)/C(C)=C/c3ccncc3)CC[C@H](OC)[C@]34C1[C@@H](C[C@H]23)[C@@]1(O)C[C@H](OC)[C@H]2C[C@@H]4[C@]1(O)C2OC. The van der Waals surface area contributed by atoms with Gasteiger partial charge in [0.2, 0.25) is 0 Å². The molecule has 6 aliphatic rings. The molecule has 5 saturated carbocycles. The summed E-state index contributed by atoms with van der Waals surface area (Å²) in [4.78, 5) is 34.2. The Morgan fingerprint density at radius 3 is 2.50 bits per heavy atom. The first-order valence-corrected chi connectivity index (χ1v) is 18.0. The predicted molar refractivity (Wildman–Crippen MR) is 184 cm³/mol. The second-order valence-corrected chi connectivity index (χ2v) is 15.6. The van der Waals surface area contributed by atoms with E-state index in [0.29, 0.717) is 56.5 Å². The van der Waals surface area contributed by atoms with E-state index in [-0.39, 0.29) is 53.4 Å². The number of hydrogen-bond acceptors (Lipinski definition) is 10. The number of methoxy groups -OCH3 is 3. The van der Waals surface area contributed by atoms with Crippen LogP contribution < -0.4 is 5.32 Å². The zero-order valence-electron chi connectivity index (χ0n) is 29.5. The average Bonchev–Trinajstić information content (AvgIpc) is 3.55. The third kappa shape index (κ3) is 4.28. The highest BCUT2D eigenvalue weighted by Crippen LogP contribution is 2.79. The Hall–Kier alpha value is -3.19. The lowest BCUT2D eigenvalue weighted by molar-refractivity contribution is -0.337. The van der Waals surface area contributed by atoms with Crippen LogP contribution >= 0.6 is 0 Å². The number of fused-ring (bicyclic) bond motifs is 2. The molecule has 2 unspecified atom stereocenters. The summed E-state index contributed by atoms with van der Waals surface area (Å²) in [5.41, 5.74) is -2.47. The van der Waals surface area contributed by atoms with E-state index in [4.69, 9.17) is 18.9 Å². The number of anilines is 1. The van der Waals surface area contributed by atoms with Crippen molar-refractivity contribution < 1.29 is 38.7 Å². The number of para-hydroxylation sites is 1. The molecule has 1 aliphatic heterocycles. The van der Waals surface area contributed by atoms with Crippen molar-refractivity contribution in [3.05, 3.63) is 65.5 Å². The minimum atomic E-state index is -1.50. The minimum absolute atomic E-state index is 0.0709. The zero-order chi connectivity index (χ0) is 35.2. The number of amides is 1. The van der Waals surface area contributed by atoms with Gasteiger partial charge in [-0.15, -0.1) is 0 Å². The number of aromatic nitrogens is 1. The maximum atomic E-state index is 14.5. The van der Waals surface area contributed by atoms with Gasteiger partial charge in [0.25, 0.3) is 5.91 Å². The van der Waals surface area contributed by atoms with Gasteiger partial charge >= 0.3 is 5.97 Å². The Morgan fingerprint density at radius 1 is 1.04 bits per heavy atom. The summed E-state index contributed by atoms with van der Waals surface area (Å²) in [6, 6.07) is 10.5. The van der Waals surface area contributed by atoms with Gasteiger partial charge < -0.3 is 34.5 Å². The van der Waals surface area contributed by atoms with Gasteiger partial charge in [-0.2, -0.15) is 0 Å². The van der Waals surface area contributed by atoms with Crippen molar-refractivity contribution in [2.24, 2.45) is 29.1 Å². The Kier molecular flexibility index (Phi) is 8.09. The minimum Gasteiger partial charge on any atom is -0.454 e. The van der Waals surface area contributed by atoms with Gasteiger partial charge in [-0.3, -0.25) is 14.7 Å². The first kappa shape index (κ1) is 33.9. The number of benzene rings is 1. The third-order valence-corrected chi connectivity index (χ3v) is 14.0. The molecule has 6 fully saturated rings. The van der Waals surface area contributed by atoms with Crippen LogP contribution in [0.5, 0.6) is 0 Å². The quantitative estimate of drug-likeness (QED) is 0.264. The van der Waals surface area contributed by atoms with Gasteiger partial charge in [0.15, 0.2) is 0 Å². The molecule has 1 aromatic heterocycles. The van der Waals surface area contributed by atoms with Crippen LogP contribution in [0.25, 0.3) is 6.08 Å². The number of nitrogens with zero attached hydrogens (tertiary/aromatic N) is 2. The van der Waals surface area contributed by atoms with Crippen molar-refractivity contribution in [1.82, 2.24) is 9.88 Å². The van der Waals surface area contributed by atoms with Crippen LogP contribution in [0.3, 0.4) is 0 Å². The number of aliphatic hydroxyl groups is 2. The molecule has 2 heterocycles. The summed E-state index contributed by atoms with van der Waals surface area (Å²) >= 11 is 0. The number of carbonyl (C=O) groups excluding carboxylic acids is 2. The number of ether oxygens (including phenoxy) is 4. The van der Waals surface area contributed by atoms with Crippen molar-refractivity contribution in [3.63, 3.8) is 0 Å². The van der Waals surface area contributed by atoms with Crippen LogP contribution in [0.15, 0.2) is 54.4 Å². The first-order valence-electron chi connectivity index (χ1n) is 18.0. The highest BCUT2D eigenvalue weighted by molar-refractivity contribution is 6.09. The molecular weight excluding hydrogens is 638 g/mol. The molecular formula is C39H49N3O8. The summed E-state index contributed by atoms with van der Waals surface area (Å²) in [6.07, 6.45) is 6.84. The molecule has 8 rings (SSSR count). The highest BCUT2D eigenvalue weighted by Gasteiger charge is 2.89. The molecule has 11 nitrogen and oxygen atoms in total. The standard InChI is InChI=1S/C39H49N3O8/c1-6-42-21-36(50-35(44)24-9-7-8-10-27(24)41-34(43)22(2)17-23-12-15-40-16-13-23)14-11-31(48-4)38-29(36)19-26(32(38)42)37(45)20-28(47-3)25-18-30(38)39(37,46)33(25)49-5/h7-10,12-13,15-17,25-26,28-33,45-46H,6,11,14,18-21H2,1-5H3,(H,41,43)/b22-17+/t25-,26-,28+,29-,30+,31+,32?,33?,36-,37+,38+,39+/m1/s1. The van der Waals surface area contributed by atoms with E-state index < -0.39 is 34.3 Å². The van der Waals surface area contributed by atoms with Crippen molar-refractivity contribution in [1.29, 1.82) is 0 Å². The van der Waals surface area contributed by atoms with Gasteiger partial charge in [0.05, 0.1) is 29.6 Å². The van der Waals surface area contributed by atoms with E-state index in [9.17, 15) is 19.8 Å². The van der Waals surface area contributed by atoms with Crippen molar-refractivity contribution in [2.75, 3.05) is 39.7 Å². The molecule has 12 atom stereocenters. The lowest BCUT2D eigenvalue weighted by Crippen LogP contribution is -2.83. The summed E-state index contributed by atoms with van der Waals surface area (Å²) in [6.45, 7) is 5.05. The average molecular weight is 688 g/mol. The number of nitrogens with one attached hydrogen (secondary N) is 1. The summed E-state index contributed by atoms with van der Waals surface area (Å²) < 4.78 is 25.3. The third-order valence-electron chi connectivity index (χ3n) is 14.0. The van der Waals surface area contributed by atoms with E-state index >= 15 is 0 Å². The van der Waals surface area contributed by atoms with Gasteiger partial charge in [0.1, 0.15) is 16.8 Å². The molecule has 1 aromatic carbocycles. The Labute approximate surface area is 293 Å². The topological polar surface area (TPSA) is 140 Å². The normalized spacial score (nSPS) is 42.7. The van der Waals surface area contributed by atoms with Gasteiger partial charge in [-0.25, -0.2) is 4.79 Å². The molecule has 1 spiro atoms. The predicted octanol–water partition coefficient (Wildman–Crippen LogP) is 3.70. The Bertz CT molecular complexity index is 1700. The summed E-state index contributed by atoms with van der Waals surface area (Å²) in [5, 5.41) is 28.9. The van der Waals surface area contributed by atoms with E-state index in [1.54, 1.807) is 71.0 Å². The van der Waals surface area contributed by atoms with Crippen LogP contribution in [0.1, 0.15) is 61.9 Å². The maximum absolute atomic E-state index is 14.5. The number of likely N-dealkylation sites (N-methyl/N-ethyl adjacent to an activating group) is 1. The summed E-state index contributed by atoms with van der Waals surface area (Å²) in [7, 11) is 5.05. The van der Waals surface area contributed by atoms with E-state index in [1.165, 1.54) is 0 Å². The second-order valence-electron chi connectivity index (χ2n) is 15.6. The highest BCUT2D eigenvalue weighted by atomic mass is 16.6. The number of hydrogen-bond donors (Lipinski definition) is 3. The number of pyridine rings is 1. The second kappa shape index (κ2) is 11.9. The van der Waals surface area contributed by atoms with Crippen LogP contribution in [0.4, 0.5) is 5.69 Å². The van der Waals surface area contributed by atoms with Crippen molar-refractivity contribution in [3.8, 4) is 0 Å². The van der Waals surface area contributed by atoms with Gasteiger partial charge in [-0.1, -0.05) is 19.1 Å². The fourth-order valence-electron chi connectivity index (χ4n) is 12.4. The summed E-state index contributed by atoms with van der Waals surface area (Å²) in [5.74, 6) is -1.75. The number of piperidine rings is 1. The fourth-order valence-corrected chi connectivity index (χ4v) is 12.4. The monoisotopic (exact) mass is 687 g/mol. The molecule has 268 valence electrons. The maximum Gasteiger partial charge on any atom is 0.340 e. The van der Waals surface area contributed by atoms with E-state index in [2.05, 4.69) is 22.1 Å². The van der Waals surface area contributed by atoms with Crippen LogP contribution in [-0.2, 0) is 23.7 Å². The largest absolute Gasteiger partial charge is 0.454 e. The molecule has 11 heteroatoms. The van der Waals surface area contributed by atoms with E-state index in [1.807, 2.05) is 12.1 Å². The zero-order valence-corrected chi connectivity index (χ0v) is 29.5. The van der Waals surface area contributed by atoms with Crippen LogP contribution in [0.2, 0.25) is 0 Å². The smallest absolute Gasteiger partial charge is 0.340 e. The Morgan fingerprint density at radius 2 is 1.80 bits per heavy atom. The molecule has 0 radical (unpaired) electrons. The lowest BCUT2D eigenvalue weighted by atomic mass is 9.44. The molecule has 7 bridgehead atoms. The van der Waals surface area contributed by atoms with Gasteiger partial charge in [0, 0.05) is 87.4 Å². The van der Waals surface area contributed by atoms with Crippen LogP contribution in [0, 0.1) is 29.1 Å². The van der Waals surface area contributed by atoms with Gasteiger partial charge in [-0.05, 0) is 75.1 Å². The van der Waals surface area contributed by atoms with E-state index in [0.717, 1.165) is 5.56 Å². The first-order chi connectivity index (χ1) is 24.0. The van der Waals surface area contributed by atoms with Crippen molar-refractivity contribution in [2.45, 2.75) is 87.1 Å². The molecule has 5 aliphatic carbocycles.